The third-order valence-electron chi connectivity index (χ3n) is 6.98. The molecule has 1 aromatic rings. The van der Waals surface area contributed by atoms with Crippen LogP contribution in [0.25, 0.3) is 0 Å². The van der Waals surface area contributed by atoms with Crippen LogP contribution in [0, 0.1) is 19.8 Å². The predicted molar refractivity (Wildman–Crippen MR) is 123 cm³/mol. The third kappa shape index (κ3) is 5.90. The summed E-state index contributed by atoms with van der Waals surface area (Å²) in [5.41, 5.74) is 3.45. The Bertz CT molecular complexity index is 828. The molecule has 1 atom stereocenters. The summed E-state index contributed by atoms with van der Waals surface area (Å²) in [4.78, 5) is 39.9. The van der Waals surface area contributed by atoms with Crippen molar-refractivity contribution in [2.75, 3.05) is 20.3 Å². The molecule has 1 amide bonds. The fourth-order valence-corrected chi connectivity index (χ4v) is 4.90. The lowest BCUT2D eigenvalue weighted by atomic mass is 9.85. The maximum absolute atomic E-state index is 12.9. The number of hydrogen-bond acceptors (Lipinski definition) is 5. The first kappa shape index (κ1) is 24.3. The number of esters is 1. The number of Topliss-reactive ketones (excluding diaryl/α,β-unsaturated/α-hetero) is 1. The fourth-order valence-electron chi connectivity index (χ4n) is 4.90. The smallest absolute Gasteiger partial charge is 0.328 e. The van der Waals surface area contributed by atoms with Gasteiger partial charge in [0.1, 0.15) is 11.8 Å². The average molecular weight is 444 g/mol. The number of methoxy groups -OCH3 is 1. The highest BCUT2D eigenvalue weighted by Gasteiger charge is 2.38. The zero-order valence-corrected chi connectivity index (χ0v) is 19.8. The number of carbonyl (C=O) groups is 3. The molecule has 1 aliphatic carbocycles. The summed E-state index contributed by atoms with van der Waals surface area (Å²) in [6, 6.07) is 3.53. The summed E-state index contributed by atoms with van der Waals surface area (Å²) >= 11 is 0. The summed E-state index contributed by atoms with van der Waals surface area (Å²) in [5, 5.41) is 0. The van der Waals surface area contributed by atoms with Crippen molar-refractivity contribution in [2.45, 2.75) is 84.1 Å². The highest BCUT2D eigenvalue weighted by molar-refractivity contribution is 6.37. The minimum absolute atomic E-state index is 0.176. The Morgan fingerprint density at radius 2 is 1.72 bits per heavy atom. The number of nitrogens with zero attached hydrogens (tertiary/aromatic N) is 1. The lowest BCUT2D eigenvalue weighted by molar-refractivity contribution is -0.160. The van der Waals surface area contributed by atoms with E-state index in [0.717, 1.165) is 68.2 Å². The maximum atomic E-state index is 12.9. The van der Waals surface area contributed by atoms with E-state index in [9.17, 15) is 14.4 Å². The Hall–Kier alpha value is -2.37. The molecule has 1 heterocycles. The number of ether oxygens (including phenoxy) is 2. The largest absolute Gasteiger partial charge is 0.496 e. The topological polar surface area (TPSA) is 72.9 Å². The Balaban J connectivity index is 1.52. The summed E-state index contributed by atoms with van der Waals surface area (Å²) in [5.74, 6) is -0.484. The van der Waals surface area contributed by atoms with Crippen molar-refractivity contribution < 1.29 is 23.9 Å². The van der Waals surface area contributed by atoms with Gasteiger partial charge in [0, 0.05) is 12.5 Å². The molecule has 1 saturated carbocycles. The van der Waals surface area contributed by atoms with Crippen LogP contribution in [-0.2, 0) is 25.5 Å². The van der Waals surface area contributed by atoms with E-state index in [1.807, 2.05) is 13.0 Å². The summed E-state index contributed by atoms with van der Waals surface area (Å²) in [7, 11) is 1.67. The number of piperidine rings is 1. The molecule has 0 spiro atoms. The third-order valence-corrected chi connectivity index (χ3v) is 6.98. The van der Waals surface area contributed by atoms with Gasteiger partial charge in [0.25, 0.3) is 5.91 Å². The SMILES string of the molecule is COc1cc(CCCOC(=O)C2CCCCN2C(=O)C(=O)C2CCCCC2)cc(C)c1C. The number of carbonyl (C=O) groups excluding carboxylic acids is 3. The minimum Gasteiger partial charge on any atom is -0.496 e. The second kappa shape index (κ2) is 11.5. The van der Waals surface area contributed by atoms with Crippen molar-refractivity contribution in [3.63, 3.8) is 0 Å². The molecule has 1 aromatic carbocycles. The van der Waals surface area contributed by atoms with Crippen LogP contribution < -0.4 is 4.74 Å². The number of amides is 1. The molecule has 1 unspecified atom stereocenters. The number of ketones is 1. The molecule has 0 aromatic heterocycles. The van der Waals surface area contributed by atoms with Crippen molar-refractivity contribution in [2.24, 2.45) is 5.92 Å². The van der Waals surface area contributed by atoms with Gasteiger partial charge in [-0.2, -0.15) is 0 Å². The Morgan fingerprint density at radius 3 is 2.44 bits per heavy atom. The van der Waals surface area contributed by atoms with Gasteiger partial charge in [-0.25, -0.2) is 4.79 Å². The van der Waals surface area contributed by atoms with Crippen LogP contribution in [0.5, 0.6) is 5.75 Å². The molecule has 0 N–H and O–H groups in total. The first-order valence-electron chi connectivity index (χ1n) is 12.1. The molecule has 0 bridgehead atoms. The second-order valence-corrected chi connectivity index (χ2v) is 9.22. The normalized spacial score (nSPS) is 19.5. The van der Waals surface area contributed by atoms with Crippen molar-refractivity contribution in [1.82, 2.24) is 4.90 Å². The molecule has 0 radical (unpaired) electrons. The van der Waals surface area contributed by atoms with Crippen LogP contribution in [-0.4, -0.2) is 48.9 Å². The quantitative estimate of drug-likeness (QED) is 0.340. The molecular weight excluding hydrogens is 406 g/mol. The number of likely N-dealkylation sites (tertiary alicyclic amines) is 1. The van der Waals surface area contributed by atoms with E-state index in [1.54, 1.807) is 7.11 Å². The van der Waals surface area contributed by atoms with Crippen molar-refractivity contribution >= 4 is 17.7 Å². The van der Waals surface area contributed by atoms with Gasteiger partial charge in [0.15, 0.2) is 0 Å². The lowest BCUT2D eigenvalue weighted by Crippen LogP contribution is -2.52. The standard InChI is InChI=1S/C26H37NO5/c1-18-16-20(17-23(31-3)19(18)2)10-9-15-32-26(30)22-13-7-8-14-27(22)25(29)24(28)21-11-5-4-6-12-21/h16-17,21-22H,4-15H2,1-3H3. The van der Waals surface area contributed by atoms with Gasteiger partial charge >= 0.3 is 5.97 Å². The van der Waals surface area contributed by atoms with E-state index in [0.29, 0.717) is 26.0 Å². The van der Waals surface area contributed by atoms with Gasteiger partial charge in [-0.3, -0.25) is 9.59 Å². The van der Waals surface area contributed by atoms with Gasteiger partial charge < -0.3 is 14.4 Å². The number of benzene rings is 1. The van der Waals surface area contributed by atoms with E-state index in [2.05, 4.69) is 13.0 Å². The molecule has 176 valence electrons. The molecule has 6 nitrogen and oxygen atoms in total. The molecular formula is C26H37NO5. The van der Waals surface area contributed by atoms with Crippen molar-refractivity contribution in [3.8, 4) is 5.75 Å². The van der Waals surface area contributed by atoms with Crippen LogP contribution in [0.15, 0.2) is 12.1 Å². The Kier molecular flexibility index (Phi) is 8.71. The fraction of sp³-hybridized carbons (Fsp3) is 0.654. The van der Waals surface area contributed by atoms with Gasteiger partial charge in [0.2, 0.25) is 5.78 Å². The van der Waals surface area contributed by atoms with Crippen LogP contribution in [0.3, 0.4) is 0 Å². The Labute approximate surface area is 191 Å². The zero-order valence-electron chi connectivity index (χ0n) is 19.8. The predicted octanol–water partition coefficient (Wildman–Crippen LogP) is 4.32. The molecule has 6 heteroatoms. The molecule has 32 heavy (non-hydrogen) atoms. The van der Waals surface area contributed by atoms with Crippen LogP contribution >= 0.6 is 0 Å². The second-order valence-electron chi connectivity index (χ2n) is 9.22. The van der Waals surface area contributed by atoms with Crippen LogP contribution in [0.1, 0.15) is 74.5 Å². The van der Waals surface area contributed by atoms with Crippen molar-refractivity contribution in [1.29, 1.82) is 0 Å². The lowest BCUT2D eigenvalue weighted by Gasteiger charge is -2.34. The zero-order chi connectivity index (χ0) is 23.1. The van der Waals surface area contributed by atoms with Gasteiger partial charge in [-0.05, 0) is 81.5 Å². The van der Waals surface area contributed by atoms with Crippen molar-refractivity contribution in [3.05, 3.63) is 28.8 Å². The molecule has 1 saturated heterocycles. The van der Waals surface area contributed by atoms with E-state index < -0.39 is 11.9 Å². The summed E-state index contributed by atoms with van der Waals surface area (Å²) in [6.45, 7) is 4.85. The van der Waals surface area contributed by atoms with Gasteiger partial charge in [0.05, 0.1) is 13.7 Å². The van der Waals surface area contributed by atoms with E-state index in [1.165, 1.54) is 10.5 Å². The minimum atomic E-state index is -0.634. The molecule has 2 aliphatic rings. The van der Waals surface area contributed by atoms with Crippen LogP contribution in [0.4, 0.5) is 0 Å². The molecule has 3 rings (SSSR count). The van der Waals surface area contributed by atoms with Crippen LogP contribution in [0.2, 0.25) is 0 Å². The summed E-state index contributed by atoms with van der Waals surface area (Å²) < 4.78 is 11.0. The highest BCUT2D eigenvalue weighted by Crippen LogP contribution is 2.27. The monoisotopic (exact) mass is 443 g/mol. The van der Waals surface area contributed by atoms with Gasteiger partial charge in [-0.1, -0.05) is 25.3 Å². The Morgan fingerprint density at radius 1 is 1.00 bits per heavy atom. The number of aryl methyl sites for hydroxylation is 2. The van der Waals surface area contributed by atoms with E-state index in [-0.39, 0.29) is 17.7 Å². The molecule has 2 fully saturated rings. The summed E-state index contributed by atoms with van der Waals surface area (Å²) in [6.07, 6.45) is 8.43. The first-order chi connectivity index (χ1) is 15.4. The number of hydrogen-bond donors (Lipinski definition) is 0. The van der Waals surface area contributed by atoms with E-state index >= 15 is 0 Å². The maximum Gasteiger partial charge on any atom is 0.328 e. The average Bonchev–Trinajstić information content (AvgIpc) is 2.83. The van der Waals surface area contributed by atoms with E-state index in [4.69, 9.17) is 9.47 Å². The first-order valence-corrected chi connectivity index (χ1v) is 12.1. The highest BCUT2D eigenvalue weighted by atomic mass is 16.5. The number of rotatable bonds is 8. The van der Waals surface area contributed by atoms with Gasteiger partial charge in [-0.15, -0.1) is 0 Å². The molecule has 1 aliphatic heterocycles.